The number of fused-ring (bicyclic) bond motifs is 1. The van der Waals surface area contributed by atoms with E-state index < -0.39 is 0 Å². The van der Waals surface area contributed by atoms with Gasteiger partial charge in [0.1, 0.15) is 11.3 Å². The average molecular weight is 349 g/mol. The lowest BCUT2D eigenvalue weighted by Crippen LogP contribution is -2.20. The van der Waals surface area contributed by atoms with Gasteiger partial charge >= 0.3 is 0 Å². The molecule has 1 N–H and O–H groups in total. The monoisotopic (exact) mass is 349 g/mol. The first kappa shape index (κ1) is 17.8. The molecule has 4 heteroatoms. The maximum Gasteiger partial charge on any atom is 0.244 e. The SMILES string of the molecule is CCNC(=O)/C=C(\C)c1cc2c(-c3ccccc3)coc2cc1OCC. The Kier molecular flexibility index (Phi) is 5.42. The summed E-state index contributed by atoms with van der Waals surface area (Å²) >= 11 is 0. The van der Waals surface area contributed by atoms with Crippen LogP contribution in [-0.4, -0.2) is 19.1 Å². The number of furan rings is 1. The molecule has 0 spiro atoms. The van der Waals surface area contributed by atoms with Crippen molar-refractivity contribution in [2.24, 2.45) is 0 Å². The molecule has 3 aromatic rings. The fraction of sp³-hybridized carbons (Fsp3) is 0.227. The van der Waals surface area contributed by atoms with Crippen LogP contribution in [0.5, 0.6) is 5.75 Å². The van der Waals surface area contributed by atoms with Crippen LogP contribution < -0.4 is 10.1 Å². The second-order valence-electron chi connectivity index (χ2n) is 6.01. The second kappa shape index (κ2) is 7.91. The van der Waals surface area contributed by atoms with Gasteiger partial charge in [-0.15, -0.1) is 0 Å². The molecule has 0 aliphatic carbocycles. The number of nitrogens with one attached hydrogen (secondary N) is 1. The summed E-state index contributed by atoms with van der Waals surface area (Å²) in [7, 11) is 0. The van der Waals surface area contributed by atoms with Crippen LogP contribution in [0.25, 0.3) is 27.7 Å². The Morgan fingerprint density at radius 2 is 1.96 bits per heavy atom. The number of carbonyl (C=O) groups excluding carboxylic acids is 1. The third kappa shape index (κ3) is 3.64. The molecule has 0 aliphatic heterocycles. The molecule has 0 unspecified atom stereocenters. The molecule has 2 aromatic carbocycles. The van der Waals surface area contributed by atoms with Crippen molar-refractivity contribution in [1.82, 2.24) is 5.32 Å². The molecular weight excluding hydrogens is 326 g/mol. The minimum absolute atomic E-state index is 0.108. The summed E-state index contributed by atoms with van der Waals surface area (Å²) in [6.45, 7) is 6.89. The quantitative estimate of drug-likeness (QED) is 0.635. The van der Waals surface area contributed by atoms with E-state index in [0.717, 1.165) is 33.2 Å². The molecule has 0 radical (unpaired) electrons. The predicted molar refractivity (Wildman–Crippen MR) is 105 cm³/mol. The van der Waals surface area contributed by atoms with Gasteiger partial charge in [-0.3, -0.25) is 4.79 Å². The molecule has 0 saturated carbocycles. The number of likely N-dealkylation sites (N-methyl/N-ethyl adjacent to an activating group) is 1. The molecule has 1 amide bonds. The zero-order valence-electron chi connectivity index (χ0n) is 15.3. The molecule has 0 bridgehead atoms. The normalized spacial score (nSPS) is 11.6. The Bertz CT molecular complexity index is 939. The first-order valence-electron chi connectivity index (χ1n) is 8.84. The summed E-state index contributed by atoms with van der Waals surface area (Å²) in [6.07, 6.45) is 3.37. The third-order valence-electron chi connectivity index (χ3n) is 4.18. The number of amides is 1. The molecule has 0 fully saturated rings. The van der Waals surface area contributed by atoms with Crippen LogP contribution >= 0.6 is 0 Å². The van der Waals surface area contributed by atoms with E-state index in [2.05, 4.69) is 17.4 Å². The van der Waals surface area contributed by atoms with E-state index in [0.29, 0.717) is 18.9 Å². The Labute approximate surface area is 153 Å². The highest BCUT2D eigenvalue weighted by Gasteiger charge is 2.15. The van der Waals surface area contributed by atoms with Crippen molar-refractivity contribution in [2.75, 3.05) is 13.2 Å². The first-order chi connectivity index (χ1) is 12.6. The minimum atomic E-state index is -0.108. The maximum absolute atomic E-state index is 12.0. The van der Waals surface area contributed by atoms with Gasteiger partial charge in [0.25, 0.3) is 0 Å². The van der Waals surface area contributed by atoms with Gasteiger partial charge in [-0.1, -0.05) is 30.3 Å². The lowest BCUT2D eigenvalue weighted by atomic mass is 9.99. The van der Waals surface area contributed by atoms with Gasteiger partial charge in [0, 0.05) is 35.2 Å². The average Bonchev–Trinajstić information content (AvgIpc) is 3.05. The van der Waals surface area contributed by atoms with E-state index in [4.69, 9.17) is 9.15 Å². The Hall–Kier alpha value is -3.01. The van der Waals surface area contributed by atoms with Crippen LogP contribution in [-0.2, 0) is 4.79 Å². The van der Waals surface area contributed by atoms with Crippen molar-refractivity contribution in [2.45, 2.75) is 20.8 Å². The van der Waals surface area contributed by atoms with Crippen LogP contribution in [0.4, 0.5) is 0 Å². The van der Waals surface area contributed by atoms with E-state index in [9.17, 15) is 4.79 Å². The number of allylic oxidation sites excluding steroid dienone is 1. The van der Waals surface area contributed by atoms with Crippen LogP contribution in [0.1, 0.15) is 26.3 Å². The van der Waals surface area contributed by atoms with E-state index in [-0.39, 0.29) is 5.91 Å². The number of benzene rings is 2. The molecule has 26 heavy (non-hydrogen) atoms. The summed E-state index contributed by atoms with van der Waals surface area (Å²) in [4.78, 5) is 12.0. The van der Waals surface area contributed by atoms with Gasteiger partial charge in [0.2, 0.25) is 5.91 Å². The summed E-state index contributed by atoms with van der Waals surface area (Å²) in [5.41, 5.74) is 4.62. The number of hydrogen-bond donors (Lipinski definition) is 1. The van der Waals surface area contributed by atoms with Gasteiger partial charge in [0.15, 0.2) is 0 Å². The van der Waals surface area contributed by atoms with Gasteiger partial charge in [-0.25, -0.2) is 0 Å². The molecule has 0 atom stereocenters. The molecule has 134 valence electrons. The van der Waals surface area contributed by atoms with E-state index in [1.165, 1.54) is 0 Å². The van der Waals surface area contributed by atoms with Crippen molar-refractivity contribution in [3.05, 3.63) is 60.4 Å². The summed E-state index contributed by atoms with van der Waals surface area (Å²) < 4.78 is 11.6. The Balaban J connectivity index is 2.14. The molecule has 0 aliphatic rings. The van der Waals surface area contributed by atoms with Gasteiger partial charge in [0.05, 0.1) is 12.9 Å². The van der Waals surface area contributed by atoms with E-state index in [1.54, 1.807) is 12.3 Å². The number of ether oxygens (including phenoxy) is 1. The molecule has 3 rings (SSSR count). The van der Waals surface area contributed by atoms with E-state index in [1.807, 2.05) is 51.1 Å². The van der Waals surface area contributed by atoms with Crippen molar-refractivity contribution in [1.29, 1.82) is 0 Å². The zero-order valence-corrected chi connectivity index (χ0v) is 15.3. The number of hydrogen-bond acceptors (Lipinski definition) is 3. The second-order valence-corrected chi connectivity index (χ2v) is 6.01. The smallest absolute Gasteiger partial charge is 0.244 e. The summed E-state index contributed by atoms with van der Waals surface area (Å²) in [5, 5.41) is 3.79. The van der Waals surface area contributed by atoms with Crippen LogP contribution in [0, 0.1) is 0 Å². The topological polar surface area (TPSA) is 51.5 Å². The highest BCUT2D eigenvalue weighted by Crippen LogP contribution is 2.37. The highest BCUT2D eigenvalue weighted by atomic mass is 16.5. The first-order valence-corrected chi connectivity index (χ1v) is 8.84. The summed E-state index contributed by atoms with van der Waals surface area (Å²) in [6, 6.07) is 14.0. The lowest BCUT2D eigenvalue weighted by Gasteiger charge is -2.11. The highest BCUT2D eigenvalue weighted by molar-refractivity contribution is 6.00. The van der Waals surface area contributed by atoms with Gasteiger partial charge < -0.3 is 14.5 Å². The van der Waals surface area contributed by atoms with E-state index >= 15 is 0 Å². The molecular formula is C22H23NO3. The largest absolute Gasteiger partial charge is 0.493 e. The fourth-order valence-electron chi connectivity index (χ4n) is 2.98. The van der Waals surface area contributed by atoms with Crippen molar-refractivity contribution < 1.29 is 13.9 Å². The maximum atomic E-state index is 12.0. The number of rotatable bonds is 6. The van der Waals surface area contributed by atoms with Gasteiger partial charge in [-0.2, -0.15) is 0 Å². The van der Waals surface area contributed by atoms with Gasteiger partial charge in [-0.05, 0) is 38.0 Å². The standard InChI is InChI=1S/C22H23NO3/c1-4-23-22(24)11-15(3)17-12-18-19(16-9-7-6-8-10-16)14-26-21(18)13-20(17)25-5-2/h6-14H,4-5H2,1-3H3,(H,23,24)/b15-11+. The third-order valence-corrected chi connectivity index (χ3v) is 4.18. The van der Waals surface area contributed by atoms with Crippen molar-refractivity contribution in [3.63, 3.8) is 0 Å². The van der Waals surface area contributed by atoms with Crippen molar-refractivity contribution >= 4 is 22.4 Å². The van der Waals surface area contributed by atoms with Crippen LogP contribution in [0.15, 0.2) is 59.2 Å². The fourth-order valence-corrected chi connectivity index (χ4v) is 2.98. The lowest BCUT2D eigenvalue weighted by molar-refractivity contribution is -0.116. The minimum Gasteiger partial charge on any atom is -0.493 e. The van der Waals surface area contributed by atoms with Crippen molar-refractivity contribution in [3.8, 4) is 16.9 Å². The predicted octanol–water partition coefficient (Wildman–Crippen LogP) is 5.04. The Morgan fingerprint density at radius 3 is 2.65 bits per heavy atom. The van der Waals surface area contributed by atoms with Crippen LogP contribution in [0.2, 0.25) is 0 Å². The Morgan fingerprint density at radius 1 is 1.19 bits per heavy atom. The molecule has 4 nitrogen and oxygen atoms in total. The molecule has 0 saturated heterocycles. The van der Waals surface area contributed by atoms with Crippen LogP contribution in [0.3, 0.4) is 0 Å². The molecule has 1 heterocycles. The number of carbonyl (C=O) groups is 1. The zero-order chi connectivity index (χ0) is 18.5. The summed E-state index contributed by atoms with van der Waals surface area (Å²) in [5.74, 6) is 0.607. The molecule has 1 aromatic heterocycles.